The lowest BCUT2D eigenvalue weighted by molar-refractivity contribution is -0.0559. The summed E-state index contributed by atoms with van der Waals surface area (Å²) in [6, 6.07) is 0. The highest BCUT2D eigenvalue weighted by atomic mass is 16.6. The van der Waals surface area contributed by atoms with Crippen LogP contribution in [0, 0.1) is 18.8 Å². The first-order chi connectivity index (χ1) is 12.4. The van der Waals surface area contributed by atoms with E-state index in [4.69, 9.17) is 4.74 Å². The van der Waals surface area contributed by atoms with Gasteiger partial charge in [0, 0.05) is 12.1 Å². The van der Waals surface area contributed by atoms with Gasteiger partial charge in [0.25, 0.3) is 5.56 Å². The van der Waals surface area contributed by atoms with Crippen molar-refractivity contribution >= 4 is 0 Å². The molecule has 0 radical (unpaired) electrons. The lowest BCUT2D eigenvalue weighted by Crippen LogP contribution is -2.40. The number of nitrogens with zero attached hydrogens (tertiary/aromatic N) is 1. The zero-order valence-electron chi connectivity index (χ0n) is 15.1. The second-order valence-electron chi connectivity index (χ2n) is 6.43. The first-order valence-electron chi connectivity index (χ1n) is 8.89. The van der Waals surface area contributed by atoms with Gasteiger partial charge in [-0.3, -0.25) is 14.3 Å². The molecule has 1 aromatic rings. The smallest absolute Gasteiger partial charge is 0.330 e. The molecule has 1 aromatic heterocycles. The molecule has 8 heteroatoms. The van der Waals surface area contributed by atoms with Crippen LogP contribution in [0.15, 0.2) is 9.59 Å². The number of hydrogen-bond acceptors (Lipinski definition) is 6. The van der Waals surface area contributed by atoms with Crippen molar-refractivity contribution in [3.63, 3.8) is 0 Å². The van der Waals surface area contributed by atoms with E-state index in [0.717, 1.165) is 30.3 Å². The third-order valence-electron chi connectivity index (χ3n) is 4.53. The minimum atomic E-state index is -1.41. The molecule has 0 amide bonds. The zero-order chi connectivity index (χ0) is 19.3. The molecule has 0 bridgehead atoms. The Labute approximate surface area is 151 Å². The normalized spacial score (nSPS) is 25.1. The van der Waals surface area contributed by atoms with Crippen LogP contribution in [0.4, 0.5) is 0 Å². The quantitative estimate of drug-likeness (QED) is 0.407. The summed E-state index contributed by atoms with van der Waals surface area (Å²) < 4.78 is 6.45. The van der Waals surface area contributed by atoms with E-state index in [1.807, 2.05) is 0 Å². The molecule has 4 atom stereocenters. The summed E-state index contributed by atoms with van der Waals surface area (Å²) in [5.74, 6) is 5.74. The number of aliphatic hydroxyl groups excluding tert-OH is 3. The minimum absolute atomic E-state index is 0.123. The summed E-state index contributed by atoms with van der Waals surface area (Å²) in [5, 5.41) is 29.2. The molecule has 144 valence electrons. The Morgan fingerprint density at radius 2 is 1.92 bits per heavy atom. The highest BCUT2D eigenvalue weighted by Crippen LogP contribution is 2.29. The van der Waals surface area contributed by atoms with Gasteiger partial charge in [0.2, 0.25) is 0 Å². The molecule has 0 aromatic carbocycles. The van der Waals surface area contributed by atoms with Gasteiger partial charge < -0.3 is 20.1 Å². The molecule has 1 aliphatic rings. The van der Waals surface area contributed by atoms with E-state index in [2.05, 4.69) is 23.7 Å². The van der Waals surface area contributed by atoms with Gasteiger partial charge in [0.05, 0.1) is 6.61 Å². The first kappa shape index (κ1) is 20.4. The largest absolute Gasteiger partial charge is 0.394 e. The third kappa shape index (κ3) is 4.24. The number of ether oxygens (including phenoxy) is 1. The van der Waals surface area contributed by atoms with Crippen molar-refractivity contribution in [1.82, 2.24) is 9.55 Å². The van der Waals surface area contributed by atoms with Gasteiger partial charge in [0.1, 0.15) is 23.9 Å². The van der Waals surface area contributed by atoms with E-state index in [0.29, 0.717) is 6.42 Å². The van der Waals surface area contributed by atoms with Crippen LogP contribution in [-0.2, 0) is 4.74 Å². The van der Waals surface area contributed by atoms with E-state index < -0.39 is 42.4 Å². The highest BCUT2D eigenvalue weighted by molar-refractivity contribution is 5.35. The molecule has 0 saturated carbocycles. The molecular formula is C18H26N2O6. The summed E-state index contributed by atoms with van der Waals surface area (Å²) in [5.41, 5.74) is -1.00. The molecule has 8 nitrogen and oxygen atoms in total. The van der Waals surface area contributed by atoms with Crippen molar-refractivity contribution in [2.75, 3.05) is 6.61 Å². The molecule has 4 N–H and O–H groups in total. The number of nitrogens with one attached hydrogen (secondary N) is 1. The van der Waals surface area contributed by atoms with Crippen LogP contribution in [-0.4, -0.2) is 49.8 Å². The Balaban J connectivity index is 2.31. The number of H-pyrrole nitrogens is 1. The number of aliphatic hydroxyl groups is 3. The van der Waals surface area contributed by atoms with E-state index in [9.17, 15) is 24.9 Å². The van der Waals surface area contributed by atoms with Gasteiger partial charge in [-0.1, -0.05) is 38.0 Å². The second-order valence-corrected chi connectivity index (χ2v) is 6.43. The Morgan fingerprint density at radius 3 is 2.54 bits per heavy atom. The van der Waals surface area contributed by atoms with Crippen LogP contribution < -0.4 is 11.2 Å². The van der Waals surface area contributed by atoms with Gasteiger partial charge in [-0.2, -0.15) is 0 Å². The van der Waals surface area contributed by atoms with Crippen LogP contribution in [0.5, 0.6) is 0 Å². The molecule has 26 heavy (non-hydrogen) atoms. The predicted molar refractivity (Wildman–Crippen MR) is 94.7 cm³/mol. The molecule has 2 rings (SSSR count). The van der Waals surface area contributed by atoms with Crippen LogP contribution in [0.1, 0.15) is 56.5 Å². The van der Waals surface area contributed by atoms with Crippen LogP contribution >= 0.6 is 0 Å². The van der Waals surface area contributed by atoms with E-state index in [1.54, 1.807) is 0 Å². The Morgan fingerprint density at radius 1 is 1.19 bits per heavy atom. The third-order valence-corrected chi connectivity index (χ3v) is 4.53. The maximum atomic E-state index is 12.2. The number of hydrogen-bond donors (Lipinski definition) is 4. The maximum Gasteiger partial charge on any atom is 0.330 e. The number of unbranched alkanes of at least 4 members (excludes halogenated alkanes) is 4. The fraction of sp³-hybridized carbons (Fsp3) is 0.667. The number of aromatic nitrogens is 2. The molecule has 0 spiro atoms. The van der Waals surface area contributed by atoms with Crippen LogP contribution in [0.25, 0.3) is 0 Å². The van der Waals surface area contributed by atoms with E-state index >= 15 is 0 Å². The number of aromatic amines is 1. The van der Waals surface area contributed by atoms with Gasteiger partial charge >= 0.3 is 5.69 Å². The summed E-state index contributed by atoms with van der Waals surface area (Å²) in [6.45, 7) is 3.15. The van der Waals surface area contributed by atoms with Gasteiger partial charge in [-0.05, 0) is 13.3 Å². The lowest BCUT2D eigenvalue weighted by Gasteiger charge is -2.20. The van der Waals surface area contributed by atoms with Gasteiger partial charge in [-0.25, -0.2) is 4.79 Å². The average Bonchev–Trinajstić information content (AvgIpc) is 2.88. The molecule has 1 fully saturated rings. The molecule has 1 aliphatic heterocycles. The fourth-order valence-corrected chi connectivity index (χ4v) is 2.99. The molecule has 2 heterocycles. The Hall–Kier alpha value is -1.92. The highest BCUT2D eigenvalue weighted by Gasteiger charge is 2.44. The summed E-state index contributed by atoms with van der Waals surface area (Å²) in [4.78, 5) is 26.5. The van der Waals surface area contributed by atoms with Gasteiger partial charge in [0.15, 0.2) is 6.23 Å². The molecule has 1 saturated heterocycles. The van der Waals surface area contributed by atoms with E-state index in [1.165, 1.54) is 6.92 Å². The topological polar surface area (TPSA) is 125 Å². The van der Waals surface area contributed by atoms with Crippen molar-refractivity contribution < 1.29 is 20.1 Å². The molecular weight excluding hydrogens is 340 g/mol. The van der Waals surface area contributed by atoms with Crippen molar-refractivity contribution in [3.8, 4) is 11.8 Å². The van der Waals surface area contributed by atoms with Crippen molar-refractivity contribution in [2.45, 2.75) is 70.5 Å². The number of rotatable bonds is 6. The minimum Gasteiger partial charge on any atom is -0.394 e. The van der Waals surface area contributed by atoms with Crippen molar-refractivity contribution in [1.29, 1.82) is 0 Å². The predicted octanol–water partition coefficient (Wildman–Crippen LogP) is -0.222. The standard InChI is InChI=1S/C18H26N2O6/c1-3-4-5-6-7-8-9-12-11(2)20(18(25)19-16(12)24)17-15(23)14(22)13(10-21)26-17/h13-15,17,21-23H,3-7,10H2,1-2H3,(H,19,24,25)/t13-,14-,15-,17-/m1/s1. The Bertz CT molecular complexity index is 788. The van der Waals surface area contributed by atoms with Crippen molar-refractivity contribution in [2.24, 2.45) is 0 Å². The van der Waals surface area contributed by atoms with E-state index in [-0.39, 0.29) is 11.3 Å². The zero-order valence-corrected chi connectivity index (χ0v) is 15.1. The average molecular weight is 366 g/mol. The van der Waals surface area contributed by atoms with Crippen LogP contribution in [0.3, 0.4) is 0 Å². The SMILES string of the molecule is CCCCCCC#Cc1c(C)n([C@@H]2O[C@H](CO)[C@@H](O)[C@H]2O)c(=O)[nH]c1=O. The monoisotopic (exact) mass is 366 g/mol. The summed E-state index contributed by atoms with van der Waals surface area (Å²) in [6.07, 6.45) is -0.0572. The second kappa shape index (κ2) is 9.14. The molecule has 0 unspecified atom stereocenters. The summed E-state index contributed by atoms with van der Waals surface area (Å²) >= 11 is 0. The van der Waals surface area contributed by atoms with Crippen LogP contribution in [0.2, 0.25) is 0 Å². The Kier molecular flexibility index (Phi) is 7.17. The molecule has 0 aliphatic carbocycles. The lowest BCUT2D eigenvalue weighted by atomic mass is 10.1. The van der Waals surface area contributed by atoms with Crippen molar-refractivity contribution in [3.05, 3.63) is 32.1 Å². The fourth-order valence-electron chi connectivity index (χ4n) is 2.99. The van der Waals surface area contributed by atoms with Gasteiger partial charge in [-0.15, -0.1) is 0 Å². The first-order valence-corrected chi connectivity index (χ1v) is 8.89. The maximum absolute atomic E-state index is 12.2. The summed E-state index contributed by atoms with van der Waals surface area (Å²) in [7, 11) is 0.